The zero-order valence-electron chi connectivity index (χ0n) is 8.84. The number of halogens is 4. The third kappa shape index (κ3) is 11.6. The van der Waals surface area contributed by atoms with Gasteiger partial charge in [-0.2, -0.15) is 8.78 Å². The molecule has 0 fully saturated rings. The minimum atomic E-state index is -4.95. The van der Waals surface area contributed by atoms with Crippen molar-refractivity contribution in [1.29, 1.82) is 0 Å². The van der Waals surface area contributed by atoms with Gasteiger partial charge in [0.05, 0.1) is 0 Å². The average Bonchev–Trinajstić information content (AvgIpc) is 2.12. The van der Waals surface area contributed by atoms with Gasteiger partial charge in [-0.15, -0.1) is 0 Å². The molecule has 0 amide bonds. The summed E-state index contributed by atoms with van der Waals surface area (Å²) in [6, 6.07) is 0. The van der Waals surface area contributed by atoms with Gasteiger partial charge in [-0.1, -0.05) is 0 Å². The van der Waals surface area contributed by atoms with Gasteiger partial charge in [-0.05, 0) is 0 Å². The van der Waals surface area contributed by atoms with Gasteiger partial charge in [0, 0.05) is 9.05 Å². The van der Waals surface area contributed by atoms with Crippen molar-refractivity contribution in [2.75, 3.05) is 0 Å². The number of hydrogen-bond acceptors (Lipinski definition) is 5. The normalized spacial score (nSPS) is 10.3. The summed E-state index contributed by atoms with van der Waals surface area (Å²) in [4.78, 5) is 44.8. The van der Waals surface area contributed by atoms with Crippen LogP contribution < -0.4 is 18.9 Å². The van der Waals surface area contributed by atoms with E-state index in [1.54, 1.807) is 0 Å². The number of phosphoric acid groups is 1. The van der Waals surface area contributed by atoms with Crippen LogP contribution in [0.1, 0.15) is 1.43 Å². The van der Waals surface area contributed by atoms with Crippen molar-refractivity contribution < 1.29 is 76.8 Å². The number of rotatable bonds is 2. The van der Waals surface area contributed by atoms with Gasteiger partial charge in [0.1, 0.15) is 0 Å². The molecular formula is C3H4F4LiO8P. The molecule has 0 bridgehead atoms. The van der Waals surface area contributed by atoms with Gasteiger partial charge in [0.2, 0.25) is 0 Å². The van der Waals surface area contributed by atoms with Gasteiger partial charge in [0.15, 0.2) is 0 Å². The van der Waals surface area contributed by atoms with Gasteiger partial charge < -0.3 is 16.1 Å². The Morgan fingerprint density at radius 2 is 1.24 bits per heavy atom. The zero-order valence-corrected chi connectivity index (χ0v) is 8.74. The van der Waals surface area contributed by atoms with E-state index < -0.39 is 25.7 Å². The predicted octanol–water partition coefficient (Wildman–Crippen LogP) is -3.33. The zero-order chi connectivity index (χ0) is 13.6. The molecule has 0 rings (SSSR count). The Kier molecular flexibility index (Phi) is 10.8. The SMILES string of the molecule is O=C(OF)C(F)(F)C(=O)OF.O=P(O)(O)O.[H-].[Li+]. The molecule has 0 aromatic carbocycles. The molecule has 0 spiro atoms. The first-order chi connectivity index (χ1) is 6.96. The Labute approximate surface area is 103 Å². The van der Waals surface area contributed by atoms with Crippen LogP contribution in [0.5, 0.6) is 0 Å². The Hall–Kier alpha value is -0.633. The van der Waals surface area contributed by atoms with Gasteiger partial charge in [-0.25, -0.2) is 24.0 Å². The second-order valence-electron chi connectivity index (χ2n) is 1.82. The number of alkyl halides is 2. The summed E-state index contributed by atoms with van der Waals surface area (Å²) in [5, 5.41) is 0. The molecule has 0 saturated carbocycles. The monoisotopic (exact) mass is 282 g/mol. The van der Waals surface area contributed by atoms with E-state index in [2.05, 4.69) is 0 Å². The Balaban J connectivity index is -0.000000122. The molecule has 0 radical (unpaired) electrons. The van der Waals surface area contributed by atoms with Crippen LogP contribution in [-0.4, -0.2) is 32.5 Å². The van der Waals surface area contributed by atoms with E-state index in [9.17, 15) is 27.4 Å². The maximum Gasteiger partial charge on any atom is 1.00 e. The van der Waals surface area contributed by atoms with Crippen molar-refractivity contribution in [3.63, 3.8) is 0 Å². The van der Waals surface area contributed by atoms with Crippen molar-refractivity contribution in [3.05, 3.63) is 0 Å². The third-order valence-corrected chi connectivity index (χ3v) is 0.653. The smallest absolute Gasteiger partial charge is 1.00 e. The maximum atomic E-state index is 11.8. The van der Waals surface area contributed by atoms with E-state index in [0.717, 1.165) is 0 Å². The number of carbonyl (C=O) groups excluding carboxylic acids is 2. The van der Waals surface area contributed by atoms with Gasteiger partial charge in [0.25, 0.3) is 0 Å². The topological polar surface area (TPSA) is 130 Å². The van der Waals surface area contributed by atoms with Crippen LogP contribution in [0.4, 0.5) is 17.8 Å². The summed E-state index contributed by atoms with van der Waals surface area (Å²) in [5.74, 6) is -10.6. The predicted molar refractivity (Wildman–Crippen MR) is 34.7 cm³/mol. The molecule has 0 aliphatic rings. The molecule has 0 heterocycles. The molecule has 0 aliphatic heterocycles. The number of hydrogen-bond donors (Lipinski definition) is 3. The maximum absolute atomic E-state index is 11.8. The Morgan fingerprint density at radius 1 is 1.06 bits per heavy atom. The summed E-state index contributed by atoms with van der Waals surface area (Å²) in [5.41, 5.74) is 0. The fourth-order valence-corrected chi connectivity index (χ4v) is 0.180. The summed E-state index contributed by atoms with van der Waals surface area (Å²) < 4.78 is 53.9. The second-order valence-corrected chi connectivity index (χ2v) is 2.84. The van der Waals surface area contributed by atoms with E-state index in [1.807, 2.05) is 9.88 Å². The molecule has 0 atom stereocenters. The van der Waals surface area contributed by atoms with E-state index >= 15 is 0 Å². The molecule has 0 unspecified atom stereocenters. The molecule has 0 saturated heterocycles. The average molecular weight is 282 g/mol. The largest absolute Gasteiger partial charge is 1.00 e. The third-order valence-electron chi connectivity index (χ3n) is 0.653. The van der Waals surface area contributed by atoms with E-state index in [-0.39, 0.29) is 20.3 Å². The summed E-state index contributed by atoms with van der Waals surface area (Å²) in [7, 11) is -4.64. The fourth-order valence-electron chi connectivity index (χ4n) is 0.180. The molecule has 3 N–H and O–H groups in total. The molecule has 14 heteroatoms. The van der Waals surface area contributed by atoms with Crippen LogP contribution in [0.25, 0.3) is 0 Å². The van der Waals surface area contributed by atoms with Crippen LogP contribution in [0.15, 0.2) is 0 Å². The number of carbonyl (C=O) groups is 2. The first kappa shape index (κ1) is 21.6. The van der Waals surface area contributed by atoms with Gasteiger partial charge >= 0.3 is 44.5 Å². The first-order valence-corrected chi connectivity index (χ1v) is 4.35. The second kappa shape index (κ2) is 8.46. The van der Waals surface area contributed by atoms with Crippen LogP contribution in [0.2, 0.25) is 0 Å². The Bertz CT molecular complexity index is 282. The fraction of sp³-hybridized carbons (Fsp3) is 0.333. The minimum Gasteiger partial charge on any atom is -1.00 e. The van der Waals surface area contributed by atoms with Gasteiger partial charge in [-0.3, -0.25) is 0 Å². The van der Waals surface area contributed by atoms with E-state index in [0.29, 0.717) is 0 Å². The summed E-state index contributed by atoms with van der Waals surface area (Å²) in [6.07, 6.45) is 0. The molecule has 98 valence electrons. The molecule has 8 nitrogen and oxygen atoms in total. The molecule has 0 aromatic heterocycles. The molecular weight excluding hydrogens is 278 g/mol. The van der Waals surface area contributed by atoms with Crippen LogP contribution in [-0.2, 0) is 24.0 Å². The first-order valence-electron chi connectivity index (χ1n) is 2.79. The summed E-state index contributed by atoms with van der Waals surface area (Å²) in [6.45, 7) is 0. The van der Waals surface area contributed by atoms with Crippen molar-refractivity contribution in [2.45, 2.75) is 5.92 Å². The van der Waals surface area contributed by atoms with E-state index in [1.165, 1.54) is 0 Å². The molecule has 0 aliphatic carbocycles. The van der Waals surface area contributed by atoms with E-state index in [4.69, 9.17) is 19.2 Å². The summed E-state index contributed by atoms with van der Waals surface area (Å²) >= 11 is 0. The molecule has 17 heavy (non-hydrogen) atoms. The minimum absolute atomic E-state index is 0. The molecule has 0 aromatic rings. The van der Waals surface area contributed by atoms with Crippen LogP contribution in [0.3, 0.4) is 0 Å². The Morgan fingerprint density at radius 3 is 1.35 bits per heavy atom. The quantitative estimate of drug-likeness (QED) is 0.207. The van der Waals surface area contributed by atoms with Crippen molar-refractivity contribution in [2.24, 2.45) is 0 Å². The van der Waals surface area contributed by atoms with Crippen molar-refractivity contribution in [1.82, 2.24) is 0 Å². The standard InChI is InChI=1S/C3F4O4.Li.H3O4P.H/c4-3(5,1(8)10-6)2(9)11-7;;1-5(2,3)4;/h;;(H3,1,2,3,4);/q;+1;;-1. The van der Waals surface area contributed by atoms with Crippen LogP contribution in [0, 0.1) is 0 Å². The van der Waals surface area contributed by atoms with Crippen molar-refractivity contribution >= 4 is 19.8 Å². The van der Waals surface area contributed by atoms with Crippen molar-refractivity contribution in [3.8, 4) is 0 Å². The van der Waals surface area contributed by atoms with Crippen LogP contribution >= 0.6 is 7.82 Å².